The highest BCUT2D eigenvalue weighted by atomic mass is 35.5. The van der Waals surface area contributed by atoms with Crippen molar-refractivity contribution in [1.82, 2.24) is 14.7 Å². The van der Waals surface area contributed by atoms with Gasteiger partial charge < -0.3 is 19.4 Å². The van der Waals surface area contributed by atoms with E-state index in [4.69, 9.17) is 27.9 Å². The van der Waals surface area contributed by atoms with Crippen molar-refractivity contribution in [3.05, 3.63) is 105 Å². The first-order chi connectivity index (χ1) is 20.2. The highest BCUT2D eigenvalue weighted by Gasteiger charge is 2.49. The van der Waals surface area contributed by atoms with Gasteiger partial charge in [-0.3, -0.25) is 9.59 Å². The Bertz CT molecular complexity index is 1360. The van der Waals surface area contributed by atoms with Crippen molar-refractivity contribution in [2.24, 2.45) is 0 Å². The van der Waals surface area contributed by atoms with E-state index in [1.54, 1.807) is 41.3 Å². The van der Waals surface area contributed by atoms with Gasteiger partial charge in [-0.25, -0.2) is 4.39 Å². The Labute approximate surface area is 256 Å². The fraction of sp³-hybridized carbons (Fsp3) is 0.394. The van der Waals surface area contributed by atoms with E-state index in [0.29, 0.717) is 29.6 Å². The van der Waals surface area contributed by atoms with Crippen molar-refractivity contribution in [1.29, 1.82) is 0 Å². The van der Waals surface area contributed by atoms with Gasteiger partial charge in [-0.15, -0.1) is 0 Å². The van der Waals surface area contributed by atoms with Crippen LogP contribution in [0, 0.1) is 5.82 Å². The van der Waals surface area contributed by atoms with Crippen LogP contribution in [0.5, 0.6) is 0 Å². The summed E-state index contributed by atoms with van der Waals surface area (Å²) >= 11 is 12.5. The van der Waals surface area contributed by atoms with Gasteiger partial charge >= 0.3 is 0 Å². The summed E-state index contributed by atoms with van der Waals surface area (Å²) in [6, 6.07) is 19.6. The van der Waals surface area contributed by atoms with Gasteiger partial charge in [0.05, 0.1) is 6.04 Å². The highest BCUT2D eigenvalue weighted by Crippen LogP contribution is 2.45. The smallest absolute Gasteiger partial charge is 0.253 e. The first-order valence-electron chi connectivity index (χ1n) is 14.5. The molecule has 0 aliphatic carbocycles. The summed E-state index contributed by atoms with van der Waals surface area (Å²) in [4.78, 5) is 34.6. The second-order valence-electron chi connectivity index (χ2n) is 11.1. The zero-order valence-electron chi connectivity index (χ0n) is 23.9. The van der Waals surface area contributed by atoms with Crippen LogP contribution in [-0.4, -0.2) is 71.9 Å². The number of nitrogens with zero attached hydrogens (tertiary/aromatic N) is 3. The Morgan fingerprint density at radius 3 is 2.05 bits per heavy atom. The van der Waals surface area contributed by atoms with Crippen LogP contribution in [0.1, 0.15) is 48.6 Å². The summed E-state index contributed by atoms with van der Waals surface area (Å²) in [7, 11) is 2.05. The molecule has 5 rings (SSSR count). The van der Waals surface area contributed by atoms with Gasteiger partial charge in [0.25, 0.3) is 5.91 Å². The van der Waals surface area contributed by atoms with Crippen LogP contribution in [0.2, 0.25) is 10.0 Å². The molecule has 0 radical (unpaired) electrons. The summed E-state index contributed by atoms with van der Waals surface area (Å²) in [6.45, 7) is 4.81. The molecule has 2 saturated heterocycles. The molecule has 0 spiro atoms. The van der Waals surface area contributed by atoms with Crippen LogP contribution in [0.15, 0.2) is 72.8 Å². The summed E-state index contributed by atoms with van der Waals surface area (Å²) in [5.41, 5.74) is 2.43. The van der Waals surface area contributed by atoms with Crippen molar-refractivity contribution in [2.75, 3.05) is 33.2 Å². The maximum atomic E-state index is 14.5. The van der Waals surface area contributed by atoms with Crippen LogP contribution in [0.25, 0.3) is 0 Å². The molecule has 0 bridgehead atoms. The number of rotatable bonds is 8. The molecule has 4 atom stereocenters. The molecule has 3 aromatic carbocycles. The van der Waals surface area contributed by atoms with Crippen LogP contribution < -0.4 is 0 Å². The molecule has 2 fully saturated rings. The Kier molecular flexibility index (Phi) is 9.84. The third-order valence-electron chi connectivity index (χ3n) is 8.17. The number of halogens is 3. The van der Waals surface area contributed by atoms with Crippen LogP contribution >= 0.6 is 23.2 Å². The lowest BCUT2D eigenvalue weighted by atomic mass is 9.88. The lowest BCUT2D eigenvalue weighted by Gasteiger charge is -2.49. The number of likely N-dealkylation sites (N-methyl/N-ethyl adjacent to an activating group) is 1. The van der Waals surface area contributed by atoms with Gasteiger partial charge in [0, 0.05) is 42.6 Å². The fourth-order valence-electron chi connectivity index (χ4n) is 5.88. The normalized spacial score (nSPS) is 22.3. The zero-order valence-corrected chi connectivity index (χ0v) is 25.4. The molecule has 0 saturated carbocycles. The molecule has 6 nitrogen and oxygen atoms in total. The van der Waals surface area contributed by atoms with E-state index in [-0.39, 0.29) is 24.1 Å². The third-order valence-corrected chi connectivity index (χ3v) is 8.67. The van der Waals surface area contributed by atoms with Gasteiger partial charge in [0.15, 0.2) is 0 Å². The number of morpholine rings is 1. The number of carbonyl (C=O) groups excluding carboxylic acids is 2. The average Bonchev–Trinajstić information content (AvgIpc) is 2.99. The quantitative estimate of drug-likeness (QED) is 0.299. The molecule has 1 unspecified atom stereocenters. The average molecular weight is 613 g/mol. The van der Waals surface area contributed by atoms with E-state index < -0.39 is 24.3 Å². The third kappa shape index (κ3) is 6.81. The fourth-order valence-corrected chi connectivity index (χ4v) is 6.13. The summed E-state index contributed by atoms with van der Waals surface area (Å²) < 4.78 is 20.4. The lowest BCUT2D eigenvalue weighted by molar-refractivity contribution is -0.183. The maximum Gasteiger partial charge on any atom is 0.253 e. The van der Waals surface area contributed by atoms with Crippen LogP contribution in [0.3, 0.4) is 0 Å². The molecule has 0 N–H and O–H groups in total. The largest absolute Gasteiger partial charge is 0.358 e. The second-order valence-corrected chi connectivity index (χ2v) is 12.0. The molecular weight excluding hydrogens is 576 g/mol. The van der Waals surface area contributed by atoms with Gasteiger partial charge in [0.1, 0.15) is 24.1 Å². The molecule has 9 heteroatoms. The second kappa shape index (κ2) is 13.6. The zero-order chi connectivity index (χ0) is 29.8. The minimum Gasteiger partial charge on any atom is -0.358 e. The number of carbonyl (C=O) groups is 2. The molecule has 3 aromatic rings. The Morgan fingerprint density at radius 2 is 1.48 bits per heavy atom. The minimum atomic E-state index is -0.876. The number of hydrogen-bond donors (Lipinski definition) is 0. The Morgan fingerprint density at radius 1 is 0.905 bits per heavy atom. The van der Waals surface area contributed by atoms with Gasteiger partial charge in [-0.05, 0) is 66.6 Å². The van der Waals surface area contributed by atoms with Crippen molar-refractivity contribution in [3.63, 3.8) is 0 Å². The Balaban J connectivity index is 1.61. The van der Waals surface area contributed by atoms with E-state index in [9.17, 15) is 14.0 Å². The van der Waals surface area contributed by atoms with E-state index in [0.717, 1.165) is 36.2 Å². The maximum absolute atomic E-state index is 14.5. The SMILES string of the molecule is CCC[C@H](C(=O)N1CCN(C)CC1)N1C(=O)C(Cc2ccc(F)cc2)O[C@@H](c2ccc(Cl)cc2)[C@H]1c1ccc(Cl)cc1. The molecule has 2 heterocycles. The predicted octanol–water partition coefficient (Wildman–Crippen LogP) is 6.33. The van der Waals surface area contributed by atoms with Gasteiger partial charge in [0.2, 0.25) is 5.91 Å². The van der Waals surface area contributed by atoms with Crippen LogP contribution in [-0.2, 0) is 20.7 Å². The van der Waals surface area contributed by atoms with E-state index in [1.165, 1.54) is 12.1 Å². The van der Waals surface area contributed by atoms with E-state index in [2.05, 4.69) is 4.90 Å². The number of piperazine rings is 1. The van der Waals surface area contributed by atoms with E-state index in [1.807, 2.05) is 43.1 Å². The molecule has 42 heavy (non-hydrogen) atoms. The predicted molar refractivity (Wildman–Crippen MR) is 163 cm³/mol. The molecule has 2 aliphatic rings. The van der Waals surface area contributed by atoms with Crippen molar-refractivity contribution >= 4 is 35.0 Å². The molecule has 2 aliphatic heterocycles. The molecular formula is C33H36Cl2FN3O3. The first kappa shape index (κ1) is 30.5. The standard InChI is InChI=1S/C33H36Cl2FN3O3/c1-3-4-28(32(40)38-19-17-37(2)18-20-38)39-30(23-7-11-25(34)12-8-23)31(24-9-13-26(35)14-10-24)42-29(33(39)41)21-22-5-15-27(36)16-6-22/h5-16,28-31H,3-4,17-21H2,1-2H3/t28-,29?,30-,31+/m1/s1. The lowest BCUT2D eigenvalue weighted by Crippen LogP contribution is -2.61. The monoisotopic (exact) mass is 611 g/mol. The number of ether oxygens (including phenoxy) is 1. The van der Waals surface area contributed by atoms with Crippen molar-refractivity contribution in [2.45, 2.75) is 50.5 Å². The van der Waals surface area contributed by atoms with Crippen LogP contribution in [0.4, 0.5) is 4.39 Å². The first-order valence-corrected chi connectivity index (χ1v) is 15.2. The minimum absolute atomic E-state index is 0.0467. The number of amides is 2. The molecule has 222 valence electrons. The Hall–Kier alpha value is -2.97. The summed E-state index contributed by atoms with van der Waals surface area (Å²) in [5.74, 6) is -0.654. The van der Waals surface area contributed by atoms with E-state index >= 15 is 0 Å². The van der Waals surface area contributed by atoms with Crippen molar-refractivity contribution < 1.29 is 18.7 Å². The molecule has 2 amide bonds. The summed E-state index contributed by atoms with van der Waals surface area (Å²) in [5, 5.41) is 1.16. The van der Waals surface area contributed by atoms with Gasteiger partial charge in [-0.2, -0.15) is 0 Å². The number of benzene rings is 3. The topological polar surface area (TPSA) is 53.1 Å². The molecule has 0 aromatic heterocycles. The summed E-state index contributed by atoms with van der Waals surface area (Å²) in [6.07, 6.45) is 0.00770. The van der Waals surface area contributed by atoms with Gasteiger partial charge in [-0.1, -0.05) is 72.9 Å². The highest BCUT2D eigenvalue weighted by molar-refractivity contribution is 6.30. The number of hydrogen-bond acceptors (Lipinski definition) is 4. The van der Waals surface area contributed by atoms with Crippen molar-refractivity contribution in [3.8, 4) is 0 Å².